The number of hydrogen-bond donors (Lipinski definition) is 1. The van der Waals surface area contributed by atoms with Gasteiger partial charge in [-0.05, 0) is 42.7 Å². The first-order valence-corrected chi connectivity index (χ1v) is 9.96. The summed E-state index contributed by atoms with van der Waals surface area (Å²) in [6.07, 6.45) is 0.520. The number of rotatable bonds is 8. The standard InChI is InChI=1S/C23H27ClN2O4/c1-15(2)22(28)30-12-6-11-29-18-13-19(23(3,4)5)21(27)20(14-18)26-25-17-9-7-16(24)8-10-17/h7-10,13-14,27H,1,6,11-12H2,2-5H3. The Morgan fingerprint density at radius 2 is 1.80 bits per heavy atom. The van der Waals surface area contributed by atoms with Crippen LogP contribution in [-0.2, 0) is 14.9 Å². The van der Waals surface area contributed by atoms with Crippen molar-refractivity contribution in [2.75, 3.05) is 13.2 Å². The SMILES string of the molecule is C=C(C)C(=O)OCCCOc1cc(N=Nc2ccc(Cl)cc2)c(O)c(C(C)(C)C)c1. The summed E-state index contributed by atoms with van der Waals surface area (Å²) in [6.45, 7) is 11.7. The number of azo groups is 1. The molecule has 0 unspecified atom stereocenters. The number of phenolic OH excluding ortho intramolecular Hbond substituents is 1. The summed E-state index contributed by atoms with van der Waals surface area (Å²) in [6, 6.07) is 10.3. The van der Waals surface area contributed by atoms with E-state index in [-0.39, 0.29) is 17.8 Å². The third kappa shape index (κ3) is 6.88. The van der Waals surface area contributed by atoms with Crippen molar-refractivity contribution in [2.45, 2.75) is 39.5 Å². The molecular weight excluding hydrogens is 404 g/mol. The highest BCUT2D eigenvalue weighted by Gasteiger charge is 2.22. The molecule has 0 heterocycles. The molecule has 2 rings (SSSR count). The normalized spacial score (nSPS) is 11.5. The fraction of sp³-hybridized carbons (Fsp3) is 0.348. The Balaban J connectivity index is 2.16. The average molecular weight is 431 g/mol. The zero-order valence-corrected chi connectivity index (χ0v) is 18.5. The molecule has 0 aliphatic carbocycles. The van der Waals surface area contributed by atoms with Gasteiger partial charge in [-0.25, -0.2) is 4.79 Å². The van der Waals surface area contributed by atoms with Crippen LogP contribution in [0.3, 0.4) is 0 Å². The molecule has 0 amide bonds. The summed E-state index contributed by atoms with van der Waals surface area (Å²) in [5.41, 5.74) is 1.65. The number of nitrogens with zero attached hydrogens (tertiary/aromatic N) is 2. The molecule has 7 heteroatoms. The van der Waals surface area contributed by atoms with E-state index in [0.717, 1.165) is 0 Å². The third-order valence-electron chi connectivity index (χ3n) is 4.11. The van der Waals surface area contributed by atoms with E-state index in [1.54, 1.807) is 43.3 Å². The largest absolute Gasteiger partial charge is 0.505 e. The van der Waals surface area contributed by atoms with Gasteiger partial charge in [-0.15, -0.1) is 5.11 Å². The maximum absolute atomic E-state index is 11.4. The predicted molar refractivity (Wildman–Crippen MR) is 118 cm³/mol. The van der Waals surface area contributed by atoms with E-state index in [1.165, 1.54) is 0 Å². The van der Waals surface area contributed by atoms with E-state index in [9.17, 15) is 9.90 Å². The maximum Gasteiger partial charge on any atom is 0.333 e. The fourth-order valence-electron chi connectivity index (χ4n) is 2.48. The highest BCUT2D eigenvalue weighted by Crippen LogP contribution is 2.41. The molecule has 0 aliphatic rings. The van der Waals surface area contributed by atoms with Crippen LogP contribution in [0, 0.1) is 0 Å². The van der Waals surface area contributed by atoms with Crippen LogP contribution in [-0.4, -0.2) is 24.3 Å². The smallest absolute Gasteiger partial charge is 0.333 e. The Bertz CT molecular complexity index is 931. The van der Waals surface area contributed by atoms with E-state index in [0.29, 0.717) is 46.3 Å². The molecule has 0 aliphatic heterocycles. The van der Waals surface area contributed by atoms with E-state index >= 15 is 0 Å². The first-order valence-electron chi connectivity index (χ1n) is 9.58. The Hall–Kier alpha value is -2.86. The number of aromatic hydroxyl groups is 1. The molecule has 2 aromatic rings. The van der Waals surface area contributed by atoms with Gasteiger partial charge in [-0.2, -0.15) is 5.11 Å². The second-order valence-corrected chi connectivity index (χ2v) is 8.32. The Morgan fingerprint density at radius 3 is 2.40 bits per heavy atom. The van der Waals surface area contributed by atoms with Crippen LogP contribution < -0.4 is 4.74 Å². The minimum atomic E-state index is -0.417. The lowest BCUT2D eigenvalue weighted by atomic mass is 9.86. The van der Waals surface area contributed by atoms with Crippen LogP contribution in [0.2, 0.25) is 5.02 Å². The fourth-order valence-corrected chi connectivity index (χ4v) is 2.61. The number of benzene rings is 2. The molecule has 0 atom stereocenters. The van der Waals surface area contributed by atoms with Gasteiger partial charge < -0.3 is 14.6 Å². The number of hydrogen-bond acceptors (Lipinski definition) is 6. The second-order valence-electron chi connectivity index (χ2n) is 7.88. The predicted octanol–water partition coefficient (Wildman–Crippen LogP) is 6.65. The Morgan fingerprint density at radius 1 is 1.13 bits per heavy atom. The summed E-state index contributed by atoms with van der Waals surface area (Å²) in [5.74, 6) is 0.191. The van der Waals surface area contributed by atoms with Crippen LogP contribution in [0.4, 0.5) is 11.4 Å². The van der Waals surface area contributed by atoms with Crippen molar-refractivity contribution < 1.29 is 19.4 Å². The molecule has 0 spiro atoms. The van der Waals surface area contributed by atoms with Gasteiger partial charge in [0.25, 0.3) is 0 Å². The number of ether oxygens (including phenoxy) is 2. The highest BCUT2D eigenvalue weighted by molar-refractivity contribution is 6.30. The van der Waals surface area contributed by atoms with Crippen molar-refractivity contribution in [1.29, 1.82) is 0 Å². The zero-order chi connectivity index (χ0) is 22.3. The first-order chi connectivity index (χ1) is 14.1. The Labute approximate surface area is 182 Å². The van der Waals surface area contributed by atoms with Crippen LogP contribution in [0.25, 0.3) is 0 Å². The summed E-state index contributed by atoms with van der Waals surface area (Å²) < 4.78 is 10.9. The number of esters is 1. The van der Waals surface area contributed by atoms with Crippen molar-refractivity contribution in [2.24, 2.45) is 10.2 Å². The molecule has 160 valence electrons. The average Bonchev–Trinajstić information content (AvgIpc) is 2.67. The van der Waals surface area contributed by atoms with E-state index in [4.69, 9.17) is 21.1 Å². The highest BCUT2D eigenvalue weighted by atomic mass is 35.5. The van der Waals surface area contributed by atoms with E-state index in [2.05, 4.69) is 16.8 Å². The molecule has 0 fully saturated rings. The van der Waals surface area contributed by atoms with E-state index < -0.39 is 5.97 Å². The lowest BCUT2D eigenvalue weighted by molar-refractivity contribution is -0.139. The first kappa shape index (κ1) is 23.4. The van der Waals surface area contributed by atoms with Gasteiger partial charge in [0.2, 0.25) is 0 Å². The molecule has 0 bridgehead atoms. The van der Waals surface area contributed by atoms with Crippen LogP contribution in [0.15, 0.2) is 58.8 Å². The van der Waals surface area contributed by atoms with Crippen LogP contribution >= 0.6 is 11.6 Å². The molecule has 2 aromatic carbocycles. The van der Waals surface area contributed by atoms with Gasteiger partial charge in [0.05, 0.1) is 18.9 Å². The van der Waals surface area contributed by atoms with Crippen molar-refractivity contribution in [3.63, 3.8) is 0 Å². The molecular formula is C23H27ClN2O4. The van der Waals surface area contributed by atoms with E-state index in [1.807, 2.05) is 20.8 Å². The molecule has 30 heavy (non-hydrogen) atoms. The minimum Gasteiger partial charge on any atom is -0.505 e. The van der Waals surface area contributed by atoms with Crippen molar-refractivity contribution in [3.05, 3.63) is 59.1 Å². The second kappa shape index (κ2) is 10.3. The molecule has 1 N–H and O–H groups in total. The molecule has 0 saturated carbocycles. The van der Waals surface area contributed by atoms with Crippen LogP contribution in [0.1, 0.15) is 39.7 Å². The van der Waals surface area contributed by atoms with Gasteiger partial charge in [0.15, 0.2) is 0 Å². The summed E-state index contributed by atoms with van der Waals surface area (Å²) >= 11 is 5.89. The third-order valence-corrected chi connectivity index (χ3v) is 4.36. The Kier molecular flexibility index (Phi) is 8.00. The van der Waals surface area contributed by atoms with Crippen molar-refractivity contribution in [3.8, 4) is 11.5 Å². The lowest BCUT2D eigenvalue weighted by Gasteiger charge is -2.22. The summed E-state index contributed by atoms with van der Waals surface area (Å²) in [7, 11) is 0. The topological polar surface area (TPSA) is 80.5 Å². The van der Waals surface area contributed by atoms with Crippen LogP contribution in [0.5, 0.6) is 11.5 Å². The molecule has 6 nitrogen and oxygen atoms in total. The maximum atomic E-state index is 11.4. The van der Waals surface area contributed by atoms with Crippen molar-refractivity contribution >= 4 is 28.9 Å². The number of carbonyl (C=O) groups is 1. The van der Waals surface area contributed by atoms with Gasteiger partial charge in [0, 0.05) is 28.6 Å². The van der Waals surface area contributed by atoms with Gasteiger partial charge >= 0.3 is 5.97 Å². The molecule has 0 aromatic heterocycles. The lowest BCUT2D eigenvalue weighted by Crippen LogP contribution is -2.12. The number of halogens is 1. The van der Waals surface area contributed by atoms with Gasteiger partial charge in [-0.3, -0.25) is 0 Å². The molecule has 0 radical (unpaired) electrons. The monoisotopic (exact) mass is 430 g/mol. The van der Waals surface area contributed by atoms with Crippen molar-refractivity contribution in [1.82, 2.24) is 0 Å². The summed E-state index contributed by atoms with van der Waals surface area (Å²) in [5, 5.41) is 19.7. The number of phenols is 1. The summed E-state index contributed by atoms with van der Waals surface area (Å²) in [4.78, 5) is 11.4. The quantitative estimate of drug-likeness (QED) is 0.220. The van der Waals surface area contributed by atoms with Gasteiger partial charge in [-0.1, -0.05) is 39.0 Å². The number of carbonyl (C=O) groups excluding carboxylic acids is 1. The van der Waals surface area contributed by atoms with Gasteiger partial charge in [0.1, 0.15) is 17.2 Å². The minimum absolute atomic E-state index is 0.0583. The molecule has 0 saturated heterocycles. The zero-order valence-electron chi connectivity index (χ0n) is 17.7.